The Hall–Kier alpha value is -0.530. The van der Waals surface area contributed by atoms with Gasteiger partial charge in [-0.2, -0.15) is 0 Å². The summed E-state index contributed by atoms with van der Waals surface area (Å²) in [5.41, 5.74) is 0. The number of carbonyl (C=O) groups is 1. The maximum absolute atomic E-state index is 12.0. The average Bonchev–Trinajstić information content (AvgIpc) is 2.66. The van der Waals surface area contributed by atoms with Crippen LogP contribution in [0.15, 0.2) is 0 Å². The maximum Gasteiger partial charge on any atom is 0.223 e. The van der Waals surface area contributed by atoms with Gasteiger partial charge in [0.1, 0.15) is 0 Å². The van der Waals surface area contributed by atoms with Crippen molar-refractivity contribution in [3.05, 3.63) is 0 Å². The van der Waals surface area contributed by atoms with Crippen molar-refractivity contribution in [3.63, 3.8) is 0 Å². The quantitative estimate of drug-likeness (QED) is 0.684. The van der Waals surface area contributed by atoms with Crippen LogP contribution in [0.5, 0.6) is 0 Å². The highest BCUT2D eigenvalue weighted by Gasteiger charge is 2.27. The van der Waals surface area contributed by atoms with Gasteiger partial charge in [0, 0.05) is 19.0 Å². The Balaban J connectivity index is 1.80. The van der Waals surface area contributed by atoms with Crippen molar-refractivity contribution < 1.29 is 4.79 Å². The Morgan fingerprint density at radius 1 is 1.13 bits per heavy atom. The molecule has 1 saturated carbocycles. The van der Waals surface area contributed by atoms with Crippen LogP contribution in [0.25, 0.3) is 0 Å². The van der Waals surface area contributed by atoms with Crippen LogP contribution < -0.4 is 0 Å². The molecule has 1 heterocycles. The standard InChI is InChI=1S/C13H23NO/c1-11-6-5-9-14(11)13(15)10-12-7-3-2-4-8-12/h11-12H,2-10H2,1H3. The molecule has 1 amide bonds. The third-order valence-electron chi connectivity index (χ3n) is 4.06. The molecular weight excluding hydrogens is 186 g/mol. The average molecular weight is 209 g/mol. The lowest BCUT2D eigenvalue weighted by atomic mass is 9.86. The molecule has 0 aromatic carbocycles. The maximum atomic E-state index is 12.0. The second-order valence-corrected chi connectivity index (χ2v) is 5.29. The Morgan fingerprint density at radius 2 is 1.87 bits per heavy atom. The summed E-state index contributed by atoms with van der Waals surface area (Å²) in [5, 5.41) is 0. The van der Waals surface area contributed by atoms with Gasteiger partial charge in [0.25, 0.3) is 0 Å². The first kappa shape index (κ1) is 11.0. The Labute approximate surface area is 93.0 Å². The topological polar surface area (TPSA) is 20.3 Å². The SMILES string of the molecule is CC1CCCN1C(=O)CC1CCCCC1. The molecule has 2 aliphatic rings. The van der Waals surface area contributed by atoms with E-state index in [4.69, 9.17) is 0 Å². The molecule has 2 rings (SSSR count). The van der Waals surface area contributed by atoms with Crippen LogP contribution in [0.2, 0.25) is 0 Å². The molecule has 0 N–H and O–H groups in total. The van der Waals surface area contributed by atoms with E-state index >= 15 is 0 Å². The molecule has 0 spiro atoms. The van der Waals surface area contributed by atoms with Crippen molar-refractivity contribution in [1.82, 2.24) is 4.90 Å². The van der Waals surface area contributed by atoms with Gasteiger partial charge in [-0.3, -0.25) is 4.79 Å². The van der Waals surface area contributed by atoms with E-state index in [0.717, 1.165) is 13.0 Å². The number of carbonyl (C=O) groups excluding carboxylic acids is 1. The van der Waals surface area contributed by atoms with Crippen molar-refractivity contribution in [3.8, 4) is 0 Å². The summed E-state index contributed by atoms with van der Waals surface area (Å²) in [4.78, 5) is 14.2. The third kappa shape index (κ3) is 2.73. The zero-order valence-corrected chi connectivity index (χ0v) is 9.87. The van der Waals surface area contributed by atoms with Crippen LogP contribution in [0.3, 0.4) is 0 Å². The zero-order valence-electron chi connectivity index (χ0n) is 9.87. The van der Waals surface area contributed by atoms with E-state index in [2.05, 4.69) is 11.8 Å². The van der Waals surface area contributed by atoms with Gasteiger partial charge in [-0.05, 0) is 38.5 Å². The van der Waals surface area contributed by atoms with E-state index in [1.807, 2.05) is 0 Å². The van der Waals surface area contributed by atoms with Crippen LogP contribution in [0, 0.1) is 5.92 Å². The third-order valence-corrected chi connectivity index (χ3v) is 4.06. The zero-order chi connectivity index (χ0) is 10.7. The van der Waals surface area contributed by atoms with Gasteiger partial charge in [0.15, 0.2) is 0 Å². The molecule has 15 heavy (non-hydrogen) atoms. The van der Waals surface area contributed by atoms with Gasteiger partial charge < -0.3 is 4.90 Å². The van der Waals surface area contributed by atoms with E-state index in [9.17, 15) is 4.79 Å². The monoisotopic (exact) mass is 209 g/mol. The molecule has 0 bridgehead atoms. The minimum Gasteiger partial charge on any atom is -0.340 e. The Kier molecular flexibility index (Phi) is 3.66. The summed E-state index contributed by atoms with van der Waals surface area (Å²) in [6, 6.07) is 0.501. The first-order valence-electron chi connectivity index (χ1n) is 6.57. The van der Waals surface area contributed by atoms with Crippen molar-refractivity contribution in [2.45, 2.75) is 64.3 Å². The fourth-order valence-electron chi connectivity index (χ4n) is 3.06. The number of likely N-dealkylation sites (tertiary alicyclic amines) is 1. The second kappa shape index (κ2) is 5.00. The van der Waals surface area contributed by atoms with Crippen LogP contribution in [0.4, 0.5) is 0 Å². The minimum atomic E-state index is 0.423. The second-order valence-electron chi connectivity index (χ2n) is 5.29. The van der Waals surface area contributed by atoms with Gasteiger partial charge in [-0.15, -0.1) is 0 Å². The summed E-state index contributed by atoms with van der Waals surface area (Å²) in [6.07, 6.45) is 9.87. The number of rotatable bonds is 2. The molecule has 2 heteroatoms. The predicted molar refractivity (Wildman–Crippen MR) is 61.6 cm³/mol. The molecule has 1 aliphatic heterocycles. The molecule has 1 atom stereocenters. The van der Waals surface area contributed by atoms with Crippen LogP contribution >= 0.6 is 0 Å². The molecule has 2 fully saturated rings. The molecule has 86 valence electrons. The lowest BCUT2D eigenvalue weighted by Crippen LogP contribution is -2.35. The molecule has 1 saturated heterocycles. The summed E-state index contributed by atoms with van der Waals surface area (Å²) < 4.78 is 0. The summed E-state index contributed by atoms with van der Waals surface area (Å²) in [6.45, 7) is 3.19. The minimum absolute atomic E-state index is 0.423. The van der Waals surface area contributed by atoms with E-state index in [1.165, 1.54) is 44.9 Å². The summed E-state index contributed by atoms with van der Waals surface area (Å²) in [7, 11) is 0. The smallest absolute Gasteiger partial charge is 0.223 e. The van der Waals surface area contributed by atoms with Gasteiger partial charge in [-0.25, -0.2) is 0 Å². The van der Waals surface area contributed by atoms with Crippen LogP contribution in [-0.4, -0.2) is 23.4 Å². The predicted octanol–water partition coefficient (Wildman–Crippen LogP) is 2.97. The van der Waals surface area contributed by atoms with Crippen molar-refractivity contribution in [2.24, 2.45) is 5.92 Å². The van der Waals surface area contributed by atoms with Crippen LogP contribution in [0.1, 0.15) is 58.3 Å². The highest BCUT2D eigenvalue weighted by atomic mass is 16.2. The van der Waals surface area contributed by atoms with Crippen molar-refractivity contribution >= 4 is 5.91 Å². The molecular formula is C13H23NO. The molecule has 2 nitrogen and oxygen atoms in total. The van der Waals surface area contributed by atoms with E-state index in [0.29, 0.717) is 17.9 Å². The Bertz CT molecular complexity index is 221. The van der Waals surface area contributed by atoms with E-state index in [1.54, 1.807) is 0 Å². The fourth-order valence-corrected chi connectivity index (χ4v) is 3.06. The van der Waals surface area contributed by atoms with Crippen molar-refractivity contribution in [1.29, 1.82) is 0 Å². The molecule has 1 unspecified atom stereocenters. The van der Waals surface area contributed by atoms with Crippen molar-refractivity contribution in [2.75, 3.05) is 6.54 Å². The molecule has 0 aromatic rings. The largest absolute Gasteiger partial charge is 0.340 e. The lowest BCUT2D eigenvalue weighted by molar-refractivity contribution is -0.132. The number of hydrogen-bond acceptors (Lipinski definition) is 1. The van der Waals surface area contributed by atoms with E-state index < -0.39 is 0 Å². The lowest BCUT2D eigenvalue weighted by Gasteiger charge is -2.26. The normalized spacial score (nSPS) is 28.3. The fraction of sp³-hybridized carbons (Fsp3) is 0.923. The van der Waals surface area contributed by atoms with Crippen LogP contribution in [-0.2, 0) is 4.79 Å². The molecule has 0 aromatic heterocycles. The van der Waals surface area contributed by atoms with Gasteiger partial charge in [0.2, 0.25) is 5.91 Å². The van der Waals surface area contributed by atoms with Gasteiger partial charge >= 0.3 is 0 Å². The summed E-state index contributed by atoms with van der Waals surface area (Å²) >= 11 is 0. The summed E-state index contributed by atoms with van der Waals surface area (Å²) in [5.74, 6) is 1.12. The highest BCUT2D eigenvalue weighted by molar-refractivity contribution is 5.77. The number of amides is 1. The van der Waals surface area contributed by atoms with Gasteiger partial charge in [-0.1, -0.05) is 19.3 Å². The first-order chi connectivity index (χ1) is 7.27. The highest BCUT2D eigenvalue weighted by Crippen LogP contribution is 2.28. The molecule has 1 aliphatic carbocycles. The van der Waals surface area contributed by atoms with Gasteiger partial charge in [0.05, 0.1) is 0 Å². The number of nitrogens with zero attached hydrogens (tertiary/aromatic N) is 1. The number of hydrogen-bond donors (Lipinski definition) is 0. The molecule has 0 radical (unpaired) electrons. The van der Waals surface area contributed by atoms with E-state index in [-0.39, 0.29) is 0 Å². The Morgan fingerprint density at radius 3 is 2.47 bits per heavy atom. The first-order valence-corrected chi connectivity index (χ1v) is 6.57.